The number of carbonyl (C=O) groups is 1. The molecule has 6 heteroatoms. The van der Waals surface area contributed by atoms with Crippen LogP contribution in [0.4, 0.5) is 5.69 Å². The van der Waals surface area contributed by atoms with E-state index in [4.69, 9.17) is 5.14 Å². The zero-order valence-corrected chi connectivity index (χ0v) is 12.0. The number of benzene rings is 1. The molecule has 5 nitrogen and oxygen atoms in total. The molecular weight excluding hydrogens is 264 g/mol. The lowest BCUT2D eigenvalue weighted by Gasteiger charge is -2.13. The van der Waals surface area contributed by atoms with Gasteiger partial charge in [-0.1, -0.05) is 6.92 Å². The van der Waals surface area contributed by atoms with E-state index >= 15 is 0 Å². The fraction of sp³-hybridized carbons (Fsp3) is 0.462. The summed E-state index contributed by atoms with van der Waals surface area (Å²) in [6, 6.07) is 2.96. The second kappa shape index (κ2) is 4.61. The molecule has 2 atom stereocenters. The van der Waals surface area contributed by atoms with E-state index in [0.29, 0.717) is 22.7 Å². The summed E-state index contributed by atoms with van der Waals surface area (Å²) in [4.78, 5) is 12.0. The molecule has 1 saturated carbocycles. The molecule has 1 aromatic rings. The van der Waals surface area contributed by atoms with Crippen LogP contribution in [0.5, 0.6) is 0 Å². The molecule has 1 amide bonds. The minimum Gasteiger partial charge on any atom is -0.325 e. The van der Waals surface area contributed by atoms with Crippen LogP contribution in [0.1, 0.15) is 24.5 Å². The summed E-state index contributed by atoms with van der Waals surface area (Å²) < 4.78 is 22.6. The van der Waals surface area contributed by atoms with Crippen molar-refractivity contribution in [2.75, 3.05) is 5.32 Å². The zero-order chi connectivity index (χ0) is 14.4. The van der Waals surface area contributed by atoms with Crippen LogP contribution in [0, 0.1) is 25.7 Å². The second-order valence-corrected chi connectivity index (χ2v) is 6.85. The Bertz CT molecular complexity index is 614. The van der Waals surface area contributed by atoms with Crippen molar-refractivity contribution in [1.29, 1.82) is 0 Å². The summed E-state index contributed by atoms with van der Waals surface area (Å²) >= 11 is 0. The maximum absolute atomic E-state index is 11.9. The Kier molecular flexibility index (Phi) is 3.40. The Morgan fingerprint density at radius 1 is 1.32 bits per heavy atom. The molecule has 1 fully saturated rings. The number of rotatable bonds is 3. The van der Waals surface area contributed by atoms with Gasteiger partial charge in [-0.15, -0.1) is 0 Å². The Morgan fingerprint density at radius 3 is 2.16 bits per heavy atom. The van der Waals surface area contributed by atoms with Gasteiger partial charge in [0.05, 0.1) is 4.90 Å². The lowest BCUT2D eigenvalue weighted by atomic mass is 10.1. The van der Waals surface area contributed by atoms with E-state index in [-0.39, 0.29) is 16.7 Å². The first-order chi connectivity index (χ1) is 8.70. The van der Waals surface area contributed by atoms with Gasteiger partial charge in [0, 0.05) is 11.6 Å². The van der Waals surface area contributed by atoms with Gasteiger partial charge in [-0.05, 0) is 49.4 Å². The number of nitrogens with one attached hydrogen (secondary N) is 1. The SMILES string of the molecule is Cc1cc(S(N)(=O)=O)cc(C)c1NC(=O)C1CC1C. The Morgan fingerprint density at radius 2 is 1.79 bits per heavy atom. The van der Waals surface area contributed by atoms with E-state index in [1.807, 2.05) is 6.92 Å². The minimum atomic E-state index is -3.72. The second-order valence-electron chi connectivity index (χ2n) is 5.29. The highest BCUT2D eigenvalue weighted by atomic mass is 32.2. The molecule has 19 heavy (non-hydrogen) atoms. The quantitative estimate of drug-likeness (QED) is 0.881. The summed E-state index contributed by atoms with van der Waals surface area (Å²) in [7, 11) is -3.72. The van der Waals surface area contributed by atoms with Crippen LogP contribution in [0.2, 0.25) is 0 Å². The number of hydrogen-bond donors (Lipinski definition) is 2. The molecule has 0 radical (unpaired) electrons. The van der Waals surface area contributed by atoms with Gasteiger partial charge in [0.1, 0.15) is 0 Å². The lowest BCUT2D eigenvalue weighted by molar-refractivity contribution is -0.117. The third kappa shape index (κ3) is 2.96. The van der Waals surface area contributed by atoms with E-state index in [0.717, 1.165) is 6.42 Å². The Labute approximate surface area is 113 Å². The first-order valence-electron chi connectivity index (χ1n) is 6.15. The van der Waals surface area contributed by atoms with Gasteiger partial charge in [0.25, 0.3) is 0 Å². The first kappa shape index (κ1) is 14.0. The zero-order valence-electron chi connectivity index (χ0n) is 11.2. The molecule has 0 aliphatic heterocycles. The van der Waals surface area contributed by atoms with Gasteiger partial charge in [0.15, 0.2) is 0 Å². The van der Waals surface area contributed by atoms with E-state index in [1.54, 1.807) is 13.8 Å². The molecular formula is C13H18N2O3S. The number of primary sulfonamides is 1. The number of sulfonamides is 1. The topological polar surface area (TPSA) is 89.3 Å². The third-order valence-corrected chi connectivity index (χ3v) is 4.42. The molecule has 104 valence electrons. The molecule has 1 aliphatic rings. The normalized spacial score (nSPS) is 22.1. The summed E-state index contributed by atoms with van der Waals surface area (Å²) in [5.41, 5.74) is 2.08. The van der Waals surface area contributed by atoms with E-state index in [9.17, 15) is 13.2 Å². The fourth-order valence-electron chi connectivity index (χ4n) is 2.19. The molecule has 0 heterocycles. The largest absolute Gasteiger partial charge is 0.325 e. The van der Waals surface area contributed by atoms with Crippen molar-refractivity contribution in [2.45, 2.75) is 32.1 Å². The lowest BCUT2D eigenvalue weighted by Crippen LogP contribution is -2.17. The molecule has 0 saturated heterocycles. The van der Waals surface area contributed by atoms with Crippen molar-refractivity contribution in [2.24, 2.45) is 17.0 Å². The standard InChI is InChI=1S/C13H18N2O3S/c1-7-6-11(7)13(16)15-12-8(2)4-10(5-9(12)3)19(14,17)18/h4-5,7,11H,6H2,1-3H3,(H,15,16)(H2,14,17,18). The van der Waals surface area contributed by atoms with Gasteiger partial charge in [-0.2, -0.15) is 0 Å². The summed E-state index contributed by atoms with van der Waals surface area (Å²) in [6.07, 6.45) is 0.916. The van der Waals surface area contributed by atoms with Crippen LogP contribution >= 0.6 is 0 Å². The predicted octanol–water partition coefficient (Wildman–Crippen LogP) is 1.55. The monoisotopic (exact) mass is 282 g/mol. The van der Waals surface area contributed by atoms with Gasteiger partial charge >= 0.3 is 0 Å². The summed E-state index contributed by atoms with van der Waals surface area (Å²) in [6.45, 7) is 5.55. The van der Waals surface area contributed by atoms with Crippen LogP contribution in [0.15, 0.2) is 17.0 Å². The van der Waals surface area contributed by atoms with Crippen LogP contribution < -0.4 is 10.5 Å². The predicted molar refractivity (Wildman–Crippen MR) is 73.2 cm³/mol. The molecule has 3 N–H and O–H groups in total. The Balaban J connectivity index is 2.30. The molecule has 1 aromatic carbocycles. The van der Waals surface area contributed by atoms with Gasteiger partial charge in [-0.3, -0.25) is 4.79 Å². The van der Waals surface area contributed by atoms with Crippen LogP contribution in [0.3, 0.4) is 0 Å². The van der Waals surface area contributed by atoms with Crippen LogP contribution in [-0.4, -0.2) is 14.3 Å². The van der Waals surface area contributed by atoms with Crippen molar-refractivity contribution in [3.63, 3.8) is 0 Å². The average Bonchev–Trinajstić information content (AvgIpc) is 2.99. The van der Waals surface area contributed by atoms with Crippen molar-refractivity contribution >= 4 is 21.6 Å². The fourth-order valence-corrected chi connectivity index (χ4v) is 2.87. The summed E-state index contributed by atoms with van der Waals surface area (Å²) in [5, 5.41) is 7.98. The van der Waals surface area contributed by atoms with Gasteiger partial charge < -0.3 is 5.32 Å². The van der Waals surface area contributed by atoms with Gasteiger partial charge in [0.2, 0.25) is 15.9 Å². The number of hydrogen-bond acceptors (Lipinski definition) is 3. The highest BCUT2D eigenvalue weighted by Gasteiger charge is 2.39. The number of aryl methyl sites for hydroxylation is 2. The third-order valence-electron chi connectivity index (χ3n) is 3.53. The van der Waals surface area contributed by atoms with Crippen LogP contribution in [-0.2, 0) is 14.8 Å². The highest BCUT2D eigenvalue weighted by molar-refractivity contribution is 7.89. The first-order valence-corrected chi connectivity index (χ1v) is 7.69. The Hall–Kier alpha value is -1.40. The van der Waals surface area contributed by atoms with Gasteiger partial charge in [-0.25, -0.2) is 13.6 Å². The van der Waals surface area contributed by atoms with Crippen molar-refractivity contribution < 1.29 is 13.2 Å². The number of anilines is 1. The molecule has 2 rings (SSSR count). The van der Waals surface area contributed by atoms with E-state index < -0.39 is 10.0 Å². The highest BCUT2D eigenvalue weighted by Crippen LogP contribution is 2.39. The van der Waals surface area contributed by atoms with E-state index in [2.05, 4.69) is 5.32 Å². The smallest absolute Gasteiger partial charge is 0.238 e. The molecule has 0 spiro atoms. The summed E-state index contributed by atoms with van der Waals surface area (Å²) in [5.74, 6) is 0.517. The number of carbonyl (C=O) groups excluding carboxylic acids is 1. The molecule has 0 bridgehead atoms. The molecule has 1 aliphatic carbocycles. The number of nitrogens with two attached hydrogens (primary N) is 1. The average molecular weight is 282 g/mol. The van der Waals surface area contributed by atoms with E-state index in [1.165, 1.54) is 12.1 Å². The van der Waals surface area contributed by atoms with Crippen molar-refractivity contribution in [1.82, 2.24) is 0 Å². The molecule has 2 unspecified atom stereocenters. The number of amides is 1. The molecule has 0 aromatic heterocycles. The van der Waals surface area contributed by atoms with Crippen molar-refractivity contribution in [3.8, 4) is 0 Å². The minimum absolute atomic E-state index is 0.00190. The van der Waals surface area contributed by atoms with Crippen LogP contribution in [0.25, 0.3) is 0 Å². The van der Waals surface area contributed by atoms with Crippen molar-refractivity contribution in [3.05, 3.63) is 23.3 Å². The maximum atomic E-state index is 11.9. The maximum Gasteiger partial charge on any atom is 0.238 e.